The largest absolute Gasteiger partial charge is 0.478 e. The fourth-order valence-electron chi connectivity index (χ4n) is 4.16. The van der Waals surface area contributed by atoms with Gasteiger partial charge in [-0.25, -0.2) is 9.97 Å². The molecule has 2 aliphatic rings. The molecule has 0 saturated carbocycles. The van der Waals surface area contributed by atoms with E-state index in [9.17, 15) is 5.26 Å². The van der Waals surface area contributed by atoms with Crippen molar-refractivity contribution in [3.05, 3.63) is 40.6 Å². The predicted octanol–water partition coefficient (Wildman–Crippen LogP) is 3.22. The first-order valence-corrected chi connectivity index (χ1v) is 9.57. The molecule has 2 fully saturated rings. The van der Waals surface area contributed by atoms with Crippen LogP contribution in [0.5, 0.6) is 5.88 Å². The van der Waals surface area contributed by atoms with Crippen molar-refractivity contribution in [2.24, 2.45) is 5.92 Å². The van der Waals surface area contributed by atoms with E-state index < -0.39 is 0 Å². The van der Waals surface area contributed by atoms with Crippen LogP contribution in [0.3, 0.4) is 0 Å². The van der Waals surface area contributed by atoms with E-state index >= 15 is 0 Å². The number of methoxy groups -OCH3 is 1. The molecule has 134 valence electrons. The Hall–Kier alpha value is -2.33. The van der Waals surface area contributed by atoms with E-state index in [4.69, 9.17) is 4.74 Å². The van der Waals surface area contributed by atoms with Gasteiger partial charge in [-0.2, -0.15) is 5.26 Å². The summed E-state index contributed by atoms with van der Waals surface area (Å²) >= 11 is 3.46. The van der Waals surface area contributed by atoms with Gasteiger partial charge in [0.25, 0.3) is 5.88 Å². The van der Waals surface area contributed by atoms with Gasteiger partial charge in [0.1, 0.15) is 6.07 Å². The highest BCUT2D eigenvalue weighted by Crippen LogP contribution is 2.39. The number of hydrogen-bond donors (Lipinski definition) is 0. The lowest BCUT2D eigenvalue weighted by Crippen LogP contribution is -2.49. The second kappa shape index (κ2) is 7.12. The number of aromatic nitrogens is 2. The zero-order valence-corrected chi connectivity index (χ0v) is 16.2. The number of nitriles is 1. The molecule has 0 radical (unpaired) electrons. The van der Waals surface area contributed by atoms with E-state index in [1.165, 1.54) is 0 Å². The standard InChI is InChI=1S/C19H20BrN5O/c1-26-19-18(22-6-7-23-19)24-8-4-13-5-9-25(17(13)12-24)16-3-2-15(20)10-14(16)11-21/h2-3,6-7,10,13,17H,4-5,8-9,12H2,1H3. The summed E-state index contributed by atoms with van der Waals surface area (Å²) in [4.78, 5) is 13.4. The Morgan fingerprint density at radius 2 is 2.04 bits per heavy atom. The summed E-state index contributed by atoms with van der Waals surface area (Å²) < 4.78 is 6.33. The van der Waals surface area contributed by atoms with Crippen LogP contribution in [0.2, 0.25) is 0 Å². The Bertz CT molecular complexity index is 852. The van der Waals surface area contributed by atoms with Crippen LogP contribution in [0.15, 0.2) is 35.1 Å². The van der Waals surface area contributed by atoms with Crippen LogP contribution >= 0.6 is 15.9 Å². The minimum atomic E-state index is 0.365. The highest BCUT2D eigenvalue weighted by molar-refractivity contribution is 9.10. The average molecular weight is 414 g/mol. The van der Waals surface area contributed by atoms with Crippen molar-refractivity contribution in [1.29, 1.82) is 5.26 Å². The minimum absolute atomic E-state index is 0.365. The van der Waals surface area contributed by atoms with Crippen LogP contribution in [-0.2, 0) is 0 Å². The molecule has 2 saturated heterocycles. The van der Waals surface area contributed by atoms with Crippen molar-refractivity contribution < 1.29 is 4.74 Å². The lowest BCUT2D eigenvalue weighted by Gasteiger charge is -2.40. The number of benzene rings is 1. The minimum Gasteiger partial charge on any atom is -0.478 e. The first-order valence-electron chi connectivity index (χ1n) is 8.77. The van der Waals surface area contributed by atoms with Crippen molar-refractivity contribution in [2.45, 2.75) is 18.9 Å². The van der Waals surface area contributed by atoms with Gasteiger partial charge in [0, 0.05) is 42.5 Å². The summed E-state index contributed by atoms with van der Waals surface area (Å²) in [7, 11) is 1.63. The Labute approximate surface area is 161 Å². The third-order valence-electron chi connectivity index (χ3n) is 5.39. The maximum Gasteiger partial charge on any atom is 0.257 e. The Balaban J connectivity index is 1.63. The molecule has 2 unspecified atom stereocenters. The molecule has 0 amide bonds. The number of halogens is 1. The summed E-state index contributed by atoms with van der Waals surface area (Å²) in [6, 6.07) is 8.66. The van der Waals surface area contributed by atoms with E-state index in [2.05, 4.69) is 41.8 Å². The number of nitrogens with zero attached hydrogens (tertiary/aromatic N) is 5. The maximum atomic E-state index is 9.55. The molecule has 26 heavy (non-hydrogen) atoms. The molecule has 1 aromatic heterocycles. The maximum absolute atomic E-state index is 9.55. The second-order valence-corrected chi connectivity index (χ2v) is 7.62. The molecule has 3 heterocycles. The molecular formula is C19H20BrN5O. The van der Waals surface area contributed by atoms with Crippen LogP contribution in [-0.4, -0.2) is 42.8 Å². The number of piperidine rings is 1. The Kier molecular flexibility index (Phi) is 4.68. The van der Waals surface area contributed by atoms with Gasteiger partial charge in [-0.3, -0.25) is 0 Å². The topological polar surface area (TPSA) is 65.3 Å². The van der Waals surface area contributed by atoms with E-state index in [0.717, 1.165) is 48.5 Å². The summed E-state index contributed by atoms with van der Waals surface area (Å²) in [5, 5.41) is 9.55. The lowest BCUT2D eigenvalue weighted by molar-refractivity contribution is 0.372. The van der Waals surface area contributed by atoms with Crippen LogP contribution in [0.1, 0.15) is 18.4 Å². The van der Waals surface area contributed by atoms with E-state index in [-0.39, 0.29) is 0 Å². The molecule has 0 N–H and O–H groups in total. The van der Waals surface area contributed by atoms with Gasteiger partial charge in [0.05, 0.1) is 18.4 Å². The Morgan fingerprint density at radius 3 is 2.85 bits per heavy atom. The van der Waals surface area contributed by atoms with Gasteiger partial charge >= 0.3 is 0 Å². The van der Waals surface area contributed by atoms with Gasteiger partial charge in [-0.05, 0) is 37.0 Å². The molecule has 1 aromatic carbocycles. The number of anilines is 2. The highest BCUT2D eigenvalue weighted by atomic mass is 79.9. The van der Waals surface area contributed by atoms with Crippen molar-refractivity contribution in [1.82, 2.24) is 9.97 Å². The van der Waals surface area contributed by atoms with E-state index in [1.807, 2.05) is 18.2 Å². The average Bonchev–Trinajstić information content (AvgIpc) is 3.10. The summed E-state index contributed by atoms with van der Waals surface area (Å²) in [6.07, 6.45) is 5.63. The van der Waals surface area contributed by atoms with Gasteiger partial charge in [-0.15, -0.1) is 0 Å². The number of ether oxygens (including phenoxy) is 1. The molecule has 0 spiro atoms. The predicted molar refractivity (Wildman–Crippen MR) is 104 cm³/mol. The molecule has 2 aliphatic heterocycles. The van der Waals surface area contributed by atoms with Crippen molar-refractivity contribution in [2.75, 3.05) is 36.5 Å². The van der Waals surface area contributed by atoms with Crippen molar-refractivity contribution >= 4 is 27.4 Å². The number of fused-ring (bicyclic) bond motifs is 1. The first-order chi connectivity index (χ1) is 12.7. The smallest absolute Gasteiger partial charge is 0.257 e. The normalized spacial score (nSPS) is 22.0. The quantitative estimate of drug-likeness (QED) is 0.769. The van der Waals surface area contributed by atoms with Crippen LogP contribution in [0, 0.1) is 17.2 Å². The molecule has 2 atom stereocenters. The monoisotopic (exact) mass is 413 g/mol. The van der Waals surface area contributed by atoms with Crippen LogP contribution in [0.25, 0.3) is 0 Å². The Morgan fingerprint density at radius 1 is 1.23 bits per heavy atom. The molecular weight excluding hydrogens is 394 g/mol. The highest BCUT2D eigenvalue weighted by Gasteiger charge is 2.40. The second-order valence-electron chi connectivity index (χ2n) is 6.71. The van der Waals surface area contributed by atoms with Gasteiger partial charge in [-0.1, -0.05) is 15.9 Å². The van der Waals surface area contributed by atoms with E-state index in [0.29, 0.717) is 23.4 Å². The summed E-state index contributed by atoms with van der Waals surface area (Å²) in [5.41, 5.74) is 1.74. The molecule has 2 aromatic rings. The molecule has 0 aliphatic carbocycles. The van der Waals surface area contributed by atoms with Crippen LogP contribution in [0.4, 0.5) is 11.5 Å². The zero-order chi connectivity index (χ0) is 18.1. The van der Waals surface area contributed by atoms with Crippen molar-refractivity contribution in [3.8, 4) is 11.9 Å². The van der Waals surface area contributed by atoms with Gasteiger partial charge in [0.15, 0.2) is 5.82 Å². The summed E-state index contributed by atoms with van der Waals surface area (Å²) in [6.45, 7) is 2.80. The third-order valence-corrected chi connectivity index (χ3v) is 5.88. The zero-order valence-electron chi connectivity index (χ0n) is 14.6. The molecule has 6 nitrogen and oxygen atoms in total. The third kappa shape index (κ3) is 2.99. The number of hydrogen-bond acceptors (Lipinski definition) is 6. The van der Waals surface area contributed by atoms with Gasteiger partial charge in [0.2, 0.25) is 0 Å². The first kappa shape index (κ1) is 17.1. The molecule has 7 heteroatoms. The van der Waals surface area contributed by atoms with Crippen LogP contribution < -0.4 is 14.5 Å². The lowest BCUT2D eigenvalue weighted by atomic mass is 9.92. The van der Waals surface area contributed by atoms with Gasteiger partial charge < -0.3 is 14.5 Å². The summed E-state index contributed by atoms with van der Waals surface area (Å²) in [5.74, 6) is 2.01. The molecule has 0 bridgehead atoms. The fraction of sp³-hybridized carbons (Fsp3) is 0.421. The van der Waals surface area contributed by atoms with E-state index in [1.54, 1.807) is 19.5 Å². The SMILES string of the molecule is COc1nccnc1N1CCC2CCN(c3ccc(Br)cc3C#N)C2C1. The fourth-order valence-corrected chi connectivity index (χ4v) is 4.52. The molecule has 4 rings (SSSR count). The van der Waals surface area contributed by atoms with Crippen molar-refractivity contribution in [3.63, 3.8) is 0 Å². The number of rotatable bonds is 3.